The zero-order valence-corrected chi connectivity index (χ0v) is 9.91. The van der Waals surface area contributed by atoms with E-state index >= 15 is 0 Å². The molecule has 0 radical (unpaired) electrons. The maximum atomic E-state index is 12.1. The zero-order valence-electron chi connectivity index (χ0n) is 9.91. The van der Waals surface area contributed by atoms with Crippen LogP contribution in [0, 0.1) is 0 Å². The molecule has 0 saturated heterocycles. The molecule has 1 aromatic rings. The van der Waals surface area contributed by atoms with E-state index in [1.807, 2.05) is 0 Å². The average Bonchev–Trinajstić information content (AvgIpc) is 2.14. The number of hydrogen-bond acceptors (Lipinski definition) is 4. The number of alkyl halides is 3. The van der Waals surface area contributed by atoms with Crippen LogP contribution in [0.25, 0.3) is 0 Å². The van der Waals surface area contributed by atoms with Crippen LogP contribution in [-0.2, 0) is 0 Å². The molecule has 0 amide bonds. The lowest BCUT2D eigenvalue weighted by molar-refractivity contribution is -0.136. The number of aromatic nitrogens is 2. The van der Waals surface area contributed by atoms with Gasteiger partial charge in [-0.2, -0.15) is 18.2 Å². The van der Waals surface area contributed by atoms with Gasteiger partial charge in [-0.3, -0.25) is 0 Å². The monoisotopic (exact) mass is 248 g/mol. The molecule has 0 aliphatic heterocycles. The first-order valence-corrected chi connectivity index (χ1v) is 5.11. The van der Waals surface area contributed by atoms with Crippen LogP contribution < -0.4 is 10.2 Å². The summed E-state index contributed by atoms with van der Waals surface area (Å²) in [5.74, 6) is 0.842. The topological polar surface area (TPSA) is 41.1 Å². The molecule has 0 saturated carbocycles. The standard InChI is InChI=1S/C10H15F3N4/c1-7(6-10(11,12)13)15-8-4-5-14-9(16-8)17(2)3/h4-5,7H,6H2,1-3H3,(H,14,15,16). The lowest BCUT2D eigenvalue weighted by Gasteiger charge is -2.17. The van der Waals surface area contributed by atoms with Crippen molar-refractivity contribution < 1.29 is 13.2 Å². The lowest BCUT2D eigenvalue weighted by Crippen LogP contribution is -2.24. The molecule has 1 atom stereocenters. The average molecular weight is 248 g/mol. The summed E-state index contributed by atoms with van der Waals surface area (Å²) >= 11 is 0. The zero-order chi connectivity index (χ0) is 13.1. The fourth-order valence-corrected chi connectivity index (χ4v) is 1.29. The van der Waals surface area contributed by atoms with Crippen LogP contribution in [0.4, 0.5) is 24.9 Å². The van der Waals surface area contributed by atoms with Crippen molar-refractivity contribution in [3.8, 4) is 0 Å². The minimum atomic E-state index is -4.18. The van der Waals surface area contributed by atoms with E-state index in [-0.39, 0.29) is 0 Å². The number of nitrogens with one attached hydrogen (secondary N) is 1. The van der Waals surface area contributed by atoms with E-state index in [4.69, 9.17) is 0 Å². The third kappa shape index (κ3) is 4.88. The fourth-order valence-electron chi connectivity index (χ4n) is 1.29. The summed E-state index contributed by atoms with van der Waals surface area (Å²) < 4.78 is 36.4. The molecule has 1 heterocycles. The predicted octanol–water partition coefficient (Wildman–Crippen LogP) is 2.30. The van der Waals surface area contributed by atoms with E-state index < -0.39 is 18.6 Å². The Morgan fingerprint density at radius 2 is 2.06 bits per heavy atom. The number of rotatable bonds is 4. The quantitative estimate of drug-likeness (QED) is 0.887. The summed E-state index contributed by atoms with van der Waals surface area (Å²) in [5, 5.41) is 2.70. The second kappa shape index (κ2) is 5.20. The molecular formula is C10H15F3N4. The first-order chi connectivity index (χ1) is 7.78. The largest absolute Gasteiger partial charge is 0.391 e. The van der Waals surface area contributed by atoms with E-state index in [2.05, 4.69) is 15.3 Å². The van der Waals surface area contributed by atoms with E-state index in [1.54, 1.807) is 25.1 Å². The van der Waals surface area contributed by atoms with Crippen LogP contribution >= 0.6 is 0 Å². The summed E-state index contributed by atoms with van der Waals surface area (Å²) in [5.41, 5.74) is 0. The summed E-state index contributed by atoms with van der Waals surface area (Å²) in [6.07, 6.45) is -3.57. The Balaban J connectivity index is 2.65. The van der Waals surface area contributed by atoms with E-state index in [0.29, 0.717) is 11.8 Å². The first kappa shape index (κ1) is 13.5. The maximum absolute atomic E-state index is 12.1. The Morgan fingerprint density at radius 3 is 2.59 bits per heavy atom. The Kier molecular flexibility index (Phi) is 4.14. The normalized spacial score (nSPS) is 13.3. The van der Waals surface area contributed by atoms with Crippen molar-refractivity contribution in [2.45, 2.75) is 25.6 Å². The second-order valence-electron chi connectivity index (χ2n) is 4.00. The first-order valence-electron chi connectivity index (χ1n) is 5.11. The highest BCUT2D eigenvalue weighted by molar-refractivity contribution is 5.40. The third-order valence-electron chi connectivity index (χ3n) is 1.97. The van der Waals surface area contributed by atoms with E-state index in [9.17, 15) is 13.2 Å². The number of nitrogens with zero attached hydrogens (tertiary/aromatic N) is 3. The number of halogens is 3. The van der Waals surface area contributed by atoms with Crippen LogP contribution in [0.15, 0.2) is 12.3 Å². The fraction of sp³-hybridized carbons (Fsp3) is 0.600. The minimum Gasteiger partial charge on any atom is -0.367 e. The maximum Gasteiger partial charge on any atom is 0.391 e. The van der Waals surface area contributed by atoms with Gasteiger partial charge in [-0.15, -0.1) is 0 Å². The molecule has 0 aliphatic rings. The van der Waals surface area contributed by atoms with Crippen molar-refractivity contribution in [3.05, 3.63) is 12.3 Å². The van der Waals surface area contributed by atoms with Crippen LogP contribution in [0.3, 0.4) is 0 Å². The van der Waals surface area contributed by atoms with Gasteiger partial charge in [0.1, 0.15) is 5.82 Å². The number of anilines is 2. The Bertz CT molecular complexity index is 365. The van der Waals surface area contributed by atoms with Crippen LogP contribution in [0.1, 0.15) is 13.3 Å². The van der Waals surface area contributed by atoms with Crippen LogP contribution in [0.2, 0.25) is 0 Å². The second-order valence-corrected chi connectivity index (χ2v) is 4.00. The van der Waals surface area contributed by atoms with Crippen molar-refractivity contribution in [2.24, 2.45) is 0 Å². The highest BCUT2D eigenvalue weighted by Gasteiger charge is 2.30. The minimum absolute atomic E-state index is 0.389. The molecule has 1 aromatic heterocycles. The molecule has 4 nitrogen and oxygen atoms in total. The van der Waals surface area contributed by atoms with Gasteiger partial charge in [0, 0.05) is 26.3 Å². The molecule has 17 heavy (non-hydrogen) atoms. The van der Waals surface area contributed by atoms with Gasteiger partial charge in [0.05, 0.1) is 6.42 Å². The molecule has 0 aromatic carbocycles. The van der Waals surface area contributed by atoms with Crippen molar-refractivity contribution in [1.82, 2.24) is 9.97 Å². The van der Waals surface area contributed by atoms with Gasteiger partial charge in [-0.05, 0) is 13.0 Å². The van der Waals surface area contributed by atoms with Crippen LogP contribution in [0.5, 0.6) is 0 Å². The van der Waals surface area contributed by atoms with E-state index in [1.165, 1.54) is 13.1 Å². The Morgan fingerprint density at radius 1 is 1.41 bits per heavy atom. The van der Waals surface area contributed by atoms with Gasteiger partial charge < -0.3 is 10.2 Å². The van der Waals surface area contributed by atoms with Crippen molar-refractivity contribution in [2.75, 3.05) is 24.3 Å². The molecule has 0 bridgehead atoms. The van der Waals surface area contributed by atoms with E-state index in [0.717, 1.165) is 0 Å². The molecule has 1 unspecified atom stereocenters. The SMILES string of the molecule is CC(CC(F)(F)F)Nc1ccnc(N(C)C)n1. The predicted molar refractivity (Wildman–Crippen MR) is 60.1 cm³/mol. The molecule has 0 aliphatic carbocycles. The van der Waals surface area contributed by atoms with Gasteiger partial charge in [0.25, 0.3) is 0 Å². The summed E-state index contributed by atoms with van der Waals surface area (Å²) in [4.78, 5) is 9.73. The summed E-state index contributed by atoms with van der Waals surface area (Å²) in [7, 11) is 3.52. The molecule has 96 valence electrons. The molecule has 1 N–H and O–H groups in total. The molecule has 0 fully saturated rings. The Labute approximate surface area is 97.9 Å². The molecule has 1 rings (SSSR count). The van der Waals surface area contributed by atoms with Crippen molar-refractivity contribution in [3.63, 3.8) is 0 Å². The summed E-state index contributed by atoms with van der Waals surface area (Å²) in [6.45, 7) is 1.46. The third-order valence-corrected chi connectivity index (χ3v) is 1.97. The van der Waals surface area contributed by atoms with Crippen molar-refractivity contribution in [1.29, 1.82) is 0 Å². The van der Waals surface area contributed by atoms with Gasteiger partial charge in [-0.1, -0.05) is 0 Å². The van der Waals surface area contributed by atoms with Crippen molar-refractivity contribution >= 4 is 11.8 Å². The highest BCUT2D eigenvalue weighted by Crippen LogP contribution is 2.23. The van der Waals surface area contributed by atoms with Crippen LogP contribution in [-0.4, -0.2) is 36.3 Å². The molecule has 7 heteroatoms. The smallest absolute Gasteiger partial charge is 0.367 e. The lowest BCUT2D eigenvalue weighted by atomic mass is 10.2. The van der Waals surface area contributed by atoms with Gasteiger partial charge >= 0.3 is 6.18 Å². The number of hydrogen-bond donors (Lipinski definition) is 1. The van der Waals surface area contributed by atoms with Gasteiger partial charge in [0.2, 0.25) is 5.95 Å². The summed E-state index contributed by atoms with van der Waals surface area (Å²) in [6, 6.07) is 0.819. The molecular weight excluding hydrogens is 233 g/mol. The highest BCUT2D eigenvalue weighted by atomic mass is 19.4. The Hall–Kier alpha value is -1.53. The van der Waals surface area contributed by atoms with Gasteiger partial charge in [0.15, 0.2) is 0 Å². The van der Waals surface area contributed by atoms with Gasteiger partial charge in [-0.25, -0.2) is 4.98 Å². The molecule has 0 spiro atoms.